The van der Waals surface area contributed by atoms with Crippen LogP contribution in [-0.2, 0) is 39.8 Å². The molecule has 16 heteroatoms. The van der Waals surface area contributed by atoms with Crippen molar-refractivity contribution in [3.8, 4) is 0 Å². The number of carbonyl (C=O) groups excluding carboxylic acids is 3. The van der Waals surface area contributed by atoms with Crippen molar-refractivity contribution in [2.75, 3.05) is 34.4 Å². The number of hydrogen-bond acceptors (Lipinski definition) is 13. The van der Waals surface area contributed by atoms with Gasteiger partial charge in [0, 0.05) is 43.5 Å². The number of cyclic esters (lactones) is 1. The van der Waals surface area contributed by atoms with Crippen LogP contribution in [-0.4, -0.2) is 147 Å². The highest BCUT2D eigenvalue weighted by atomic mass is 16.7. The number of aliphatic hydroxyl groups is 1. The number of rotatable bonds is 9. The quantitative estimate of drug-likeness (QED) is 0.166. The smallest absolute Gasteiger partial charge is 0.425 e. The minimum absolute atomic E-state index is 0.163. The van der Waals surface area contributed by atoms with Crippen LogP contribution in [0.15, 0.2) is 30.5 Å². The van der Waals surface area contributed by atoms with Gasteiger partial charge in [-0.1, -0.05) is 45.9 Å². The molecule has 2 aromatic rings. The molecule has 3 fully saturated rings. The molecule has 1 aromatic carbocycles. The first-order valence-electron chi connectivity index (χ1n) is 20.8. The number of ketones is 1. The Bertz CT molecular complexity index is 1850. The lowest BCUT2D eigenvalue weighted by Gasteiger charge is -2.47. The van der Waals surface area contributed by atoms with Gasteiger partial charge in [-0.2, -0.15) is 14.8 Å². The van der Waals surface area contributed by atoms with E-state index < -0.39 is 83.4 Å². The van der Waals surface area contributed by atoms with E-state index in [9.17, 15) is 24.7 Å². The second-order valence-electron chi connectivity index (χ2n) is 17.6. The van der Waals surface area contributed by atoms with Gasteiger partial charge in [0.05, 0.1) is 35.4 Å². The zero-order valence-electron chi connectivity index (χ0n) is 36.0. The van der Waals surface area contributed by atoms with Crippen molar-refractivity contribution in [3.05, 3.63) is 35.7 Å². The Hall–Kier alpha value is -3.67. The molecule has 5 heterocycles. The summed E-state index contributed by atoms with van der Waals surface area (Å²) in [6, 6.07) is 6.89. The highest BCUT2D eigenvalue weighted by Crippen LogP contribution is 2.44. The van der Waals surface area contributed by atoms with Crippen LogP contribution in [0.1, 0.15) is 81.1 Å². The Labute approximate surface area is 341 Å². The molecule has 0 unspecified atom stereocenters. The molecule has 322 valence electrons. The molecule has 0 aliphatic carbocycles. The van der Waals surface area contributed by atoms with Gasteiger partial charge in [0.1, 0.15) is 24.2 Å². The van der Waals surface area contributed by atoms with E-state index in [1.165, 1.54) is 14.0 Å². The summed E-state index contributed by atoms with van der Waals surface area (Å²) in [7, 11) is 5.29. The van der Waals surface area contributed by atoms with Gasteiger partial charge in [-0.15, -0.1) is 0 Å². The molecule has 1 N–H and O–H groups in total. The third-order valence-electron chi connectivity index (χ3n) is 13.3. The molecule has 0 saturated carbocycles. The predicted octanol–water partition coefficient (Wildman–Crippen LogP) is 4.20. The van der Waals surface area contributed by atoms with Gasteiger partial charge in [-0.3, -0.25) is 14.3 Å². The van der Waals surface area contributed by atoms with E-state index in [-0.39, 0.29) is 31.7 Å². The van der Waals surface area contributed by atoms with E-state index in [1.807, 2.05) is 88.8 Å². The van der Waals surface area contributed by atoms with Gasteiger partial charge >= 0.3 is 12.1 Å². The number of hydrazine groups is 1. The number of benzene rings is 1. The summed E-state index contributed by atoms with van der Waals surface area (Å²) in [5, 5.41) is 35.1. The first kappa shape index (κ1) is 43.9. The van der Waals surface area contributed by atoms with Crippen molar-refractivity contribution >= 4 is 34.5 Å². The maximum absolute atomic E-state index is 14.7. The number of carbonyl (C=O) groups is 3. The van der Waals surface area contributed by atoms with Gasteiger partial charge in [-0.25, -0.2) is 9.80 Å². The number of methoxy groups -OCH3 is 1. The predicted molar refractivity (Wildman–Crippen MR) is 214 cm³/mol. The molecule has 4 aliphatic heterocycles. The van der Waals surface area contributed by atoms with Crippen LogP contribution in [0.3, 0.4) is 0 Å². The van der Waals surface area contributed by atoms with Crippen LogP contribution in [0, 0.1) is 28.9 Å². The fourth-order valence-corrected chi connectivity index (χ4v) is 10.2. The molecule has 16 nitrogen and oxygen atoms in total. The minimum atomic E-state index is -1.39. The molecule has 0 spiro atoms. The summed E-state index contributed by atoms with van der Waals surface area (Å²) >= 11 is 0. The number of nitrogens with zero attached hydrogens (tertiary/aromatic N) is 6. The summed E-state index contributed by atoms with van der Waals surface area (Å²) in [5.41, 5.74) is -1.15. The summed E-state index contributed by atoms with van der Waals surface area (Å²) < 4.78 is 34.5. The zero-order chi connectivity index (χ0) is 42.4. The molecular weight excluding hydrogens is 748 g/mol. The van der Waals surface area contributed by atoms with Gasteiger partial charge in [0.25, 0.3) is 0 Å². The highest BCUT2D eigenvalue weighted by molar-refractivity contribution is 6.00. The van der Waals surface area contributed by atoms with Gasteiger partial charge in [0.2, 0.25) is 6.67 Å². The Balaban J connectivity index is 1.41. The van der Waals surface area contributed by atoms with Crippen LogP contribution in [0.4, 0.5) is 4.79 Å². The van der Waals surface area contributed by atoms with Gasteiger partial charge in [-0.05, 0) is 73.5 Å². The van der Waals surface area contributed by atoms with Crippen LogP contribution in [0.2, 0.25) is 0 Å². The van der Waals surface area contributed by atoms with Crippen LogP contribution in [0.25, 0.3) is 10.9 Å². The number of fused-ring (bicyclic) bond motifs is 2. The van der Waals surface area contributed by atoms with E-state index in [2.05, 4.69) is 5.10 Å². The standard InChI is InChI=1S/C42H64N6O10/c1-12-32-42(8)36-26(4)33(47(53)23-45(48(36)40(52)58-42)18-15-19-46-30-17-14-13-16-29(30)22-43-46)24(2)21-41(7,54-11)37(27(5)34(49)28(6)38(51)56-32)57-39-35(50)31(44(9)10)20-25(3)55-39/h13-14,16-17,22,24-28,31-32,35-37,39,50H,12,15,18-21,23H2,1-11H3/t24-,25-,26+,27+,28-,31+,32-,35-,36-,37-,39+,41+,42-/m1/s1. The summed E-state index contributed by atoms with van der Waals surface area (Å²) in [6.45, 7) is 15.1. The van der Waals surface area contributed by atoms with Crippen molar-refractivity contribution in [1.82, 2.24) is 24.7 Å². The summed E-state index contributed by atoms with van der Waals surface area (Å²) in [4.78, 5) is 44.5. The molecule has 1 aromatic heterocycles. The molecule has 1 amide bonds. The lowest BCUT2D eigenvalue weighted by molar-refractivity contribution is -0.494. The number of likely N-dealkylation sites (N-methyl/N-ethyl adjacent to an activating group) is 1. The molecule has 6 rings (SSSR count). The van der Waals surface area contributed by atoms with Crippen molar-refractivity contribution in [3.63, 3.8) is 0 Å². The minimum Gasteiger partial charge on any atom is -0.623 e. The Morgan fingerprint density at radius 1 is 1.07 bits per heavy atom. The molecule has 2 bridgehead atoms. The van der Waals surface area contributed by atoms with E-state index in [0.717, 1.165) is 15.6 Å². The van der Waals surface area contributed by atoms with Crippen molar-refractivity contribution in [2.45, 2.75) is 142 Å². The topological polar surface area (TPSA) is 171 Å². The fraction of sp³-hybridized carbons (Fsp3) is 0.738. The number of Topliss-reactive ketones (excluding diaryl/α,β-unsaturated/α-hetero) is 1. The molecular formula is C42H64N6O10. The SMILES string of the molecule is CC[C@H]1OC(=O)[C@H](C)C(=O)[C@H](C)[C@@H](O[C@@H]2O[C@H](C)C[C@H](N(C)C)[C@H]2O)[C@@](C)(OC)C[C@@H](C)C2=[N+]([O-])CN(CCCn3ncc4ccccc43)N3C(=O)O[C@@]1(C)[C@H]3[C@H]2C. The maximum atomic E-state index is 14.7. The number of hydroxylamine groups is 1. The average Bonchev–Trinajstić information content (AvgIpc) is 3.68. The zero-order valence-corrected chi connectivity index (χ0v) is 36.0. The maximum Gasteiger partial charge on any atom is 0.425 e. The lowest BCUT2D eigenvalue weighted by atomic mass is 9.73. The normalized spacial score (nSPS) is 38.2. The number of para-hydroxylation sites is 1. The Morgan fingerprint density at radius 2 is 1.78 bits per heavy atom. The van der Waals surface area contributed by atoms with Crippen molar-refractivity contribution in [2.24, 2.45) is 23.7 Å². The largest absolute Gasteiger partial charge is 0.623 e. The number of esters is 1. The molecule has 3 saturated heterocycles. The van der Waals surface area contributed by atoms with E-state index in [4.69, 9.17) is 23.7 Å². The summed E-state index contributed by atoms with van der Waals surface area (Å²) in [5.74, 6) is -4.44. The second-order valence-corrected chi connectivity index (χ2v) is 17.6. The number of aromatic nitrogens is 2. The van der Waals surface area contributed by atoms with E-state index >= 15 is 0 Å². The Morgan fingerprint density at radius 3 is 2.45 bits per heavy atom. The molecule has 58 heavy (non-hydrogen) atoms. The van der Waals surface area contributed by atoms with Gasteiger partial charge in [0.15, 0.2) is 23.4 Å². The van der Waals surface area contributed by atoms with Crippen LogP contribution >= 0.6 is 0 Å². The van der Waals surface area contributed by atoms with E-state index in [1.54, 1.807) is 23.9 Å². The monoisotopic (exact) mass is 812 g/mol. The molecule has 0 radical (unpaired) electrons. The van der Waals surface area contributed by atoms with Crippen molar-refractivity contribution in [1.29, 1.82) is 0 Å². The Kier molecular flexibility index (Phi) is 13.0. The number of aliphatic hydroxyl groups excluding tert-OH is 1. The second kappa shape index (κ2) is 17.1. The van der Waals surface area contributed by atoms with Crippen LogP contribution in [0.5, 0.6) is 0 Å². The third kappa shape index (κ3) is 7.99. The van der Waals surface area contributed by atoms with Gasteiger partial charge < -0.3 is 38.9 Å². The van der Waals surface area contributed by atoms with Crippen LogP contribution < -0.4 is 0 Å². The number of hydrogen-bond donors (Lipinski definition) is 1. The highest BCUT2D eigenvalue weighted by Gasteiger charge is 2.63. The van der Waals surface area contributed by atoms with Crippen molar-refractivity contribution < 1.29 is 47.9 Å². The van der Waals surface area contributed by atoms with E-state index in [0.29, 0.717) is 31.6 Å². The lowest BCUT2D eigenvalue weighted by Crippen LogP contribution is -2.61. The number of ether oxygens (including phenoxy) is 5. The first-order valence-corrected chi connectivity index (χ1v) is 20.8. The molecule has 13 atom stereocenters. The average molecular weight is 813 g/mol. The third-order valence-corrected chi connectivity index (χ3v) is 13.3. The number of amides is 1. The molecule has 4 aliphatic rings. The fourth-order valence-electron chi connectivity index (χ4n) is 10.2. The number of aryl methyl sites for hydroxylation is 1. The first-order chi connectivity index (χ1) is 27.4. The summed E-state index contributed by atoms with van der Waals surface area (Å²) in [6.07, 6.45) is -1.63.